The number of thiocarbonyl (C=S) groups is 1. The lowest BCUT2D eigenvalue weighted by Gasteiger charge is -2.43. The minimum atomic E-state index is 0.264. The predicted octanol–water partition coefficient (Wildman–Crippen LogP) is 2.78. The van der Waals surface area contributed by atoms with Crippen molar-refractivity contribution in [2.75, 3.05) is 26.2 Å². The highest BCUT2D eigenvalue weighted by Gasteiger charge is 2.26. The molecule has 1 fully saturated rings. The molecule has 1 heterocycles. The fraction of sp³-hybridized carbons (Fsp3) is 0.533. The Hall–Kier alpha value is -0.930. The van der Waals surface area contributed by atoms with Gasteiger partial charge in [0.25, 0.3) is 0 Å². The highest BCUT2D eigenvalue weighted by molar-refractivity contribution is 7.80. The second-order valence-corrected chi connectivity index (χ2v) is 6.20. The van der Waals surface area contributed by atoms with Gasteiger partial charge in [0.15, 0.2) is 0 Å². The Kier molecular flexibility index (Phi) is 4.03. The van der Waals surface area contributed by atoms with Gasteiger partial charge in [-0.1, -0.05) is 42.5 Å². The van der Waals surface area contributed by atoms with Crippen LogP contribution in [0, 0.1) is 0 Å². The van der Waals surface area contributed by atoms with Gasteiger partial charge in [0.05, 0.1) is 0 Å². The molecule has 0 aromatic heterocycles. The molecule has 18 heavy (non-hydrogen) atoms. The van der Waals surface area contributed by atoms with Crippen molar-refractivity contribution >= 4 is 17.2 Å². The number of rotatable bonds is 1. The first-order valence-corrected chi connectivity index (χ1v) is 6.99. The minimum Gasteiger partial charge on any atom is -0.360 e. The summed E-state index contributed by atoms with van der Waals surface area (Å²) in [4.78, 5) is 5.84. The Bertz CT molecular complexity index is 400. The Morgan fingerprint density at radius 1 is 1.00 bits per heavy atom. The lowest BCUT2D eigenvalue weighted by atomic mass is 10.0. The van der Waals surface area contributed by atoms with Gasteiger partial charge in [0.2, 0.25) is 0 Å². The number of hydrogen-bond acceptors (Lipinski definition) is 2. The van der Waals surface area contributed by atoms with E-state index in [4.69, 9.17) is 12.2 Å². The molecule has 0 bridgehead atoms. The number of hydrogen-bond donors (Lipinski definition) is 0. The van der Waals surface area contributed by atoms with E-state index in [0.717, 1.165) is 36.7 Å². The van der Waals surface area contributed by atoms with Crippen LogP contribution in [-0.4, -0.2) is 46.5 Å². The second-order valence-electron chi connectivity index (χ2n) is 5.82. The van der Waals surface area contributed by atoms with E-state index in [1.807, 2.05) is 18.2 Å². The van der Waals surface area contributed by atoms with Crippen LogP contribution in [0.4, 0.5) is 0 Å². The van der Waals surface area contributed by atoms with Crippen molar-refractivity contribution in [1.29, 1.82) is 0 Å². The van der Waals surface area contributed by atoms with Gasteiger partial charge < -0.3 is 4.90 Å². The van der Waals surface area contributed by atoms with Crippen LogP contribution in [-0.2, 0) is 0 Å². The monoisotopic (exact) mass is 262 g/mol. The summed E-state index contributed by atoms with van der Waals surface area (Å²) < 4.78 is 0. The van der Waals surface area contributed by atoms with Crippen LogP contribution in [0.2, 0.25) is 0 Å². The fourth-order valence-electron chi connectivity index (χ4n) is 2.34. The van der Waals surface area contributed by atoms with Crippen LogP contribution in [0.15, 0.2) is 30.3 Å². The Morgan fingerprint density at radius 2 is 1.56 bits per heavy atom. The number of piperazine rings is 1. The average Bonchev–Trinajstić information content (AvgIpc) is 2.38. The van der Waals surface area contributed by atoms with Crippen LogP contribution < -0.4 is 0 Å². The molecule has 0 N–H and O–H groups in total. The molecule has 3 heteroatoms. The van der Waals surface area contributed by atoms with Gasteiger partial charge in [-0.3, -0.25) is 4.90 Å². The normalized spacial score (nSPS) is 17.8. The van der Waals surface area contributed by atoms with E-state index in [-0.39, 0.29) is 5.54 Å². The van der Waals surface area contributed by atoms with Gasteiger partial charge in [-0.15, -0.1) is 0 Å². The van der Waals surface area contributed by atoms with Gasteiger partial charge in [0, 0.05) is 37.3 Å². The number of nitrogens with zero attached hydrogens (tertiary/aromatic N) is 2. The van der Waals surface area contributed by atoms with Crippen molar-refractivity contribution in [3.05, 3.63) is 35.9 Å². The van der Waals surface area contributed by atoms with Crippen molar-refractivity contribution in [1.82, 2.24) is 9.80 Å². The first-order chi connectivity index (χ1) is 8.48. The summed E-state index contributed by atoms with van der Waals surface area (Å²) in [6.07, 6.45) is 0. The molecule has 2 nitrogen and oxygen atoms in total. The van der Waals surface area contributed by atoms with Gasteiger partial charge in [-0.2, -0.15) is 0 Å². The van der Waals surface area contributed by atoms with E-state index in [1.165, 1.54) is 0 Å². The van der Waals surface area contributed by atoms with E-state index in [9.17, 15) is 0 Å². The summed E-state index contributed by atoms with van der Waals surface area (Å²) in [6.45, 7) is 11.1. The molecule has 1 aromatic carbocycles. The molecule has 0 unspecified atom stereocenters. The topological polar surface area (TPSA) is 6.48 Å². The van der Waals surface area contributed by atoms with Crippen molar-refractivity contribution in [3.8, 4) is 0 Å². The summed E-state index contributed by atoms with van der Waals surface area (Å²) in [5.74, 6) is 0. The van der Waals surface area contributed by atoms with Crippen molar-refractivity contribution in [3.63, 3.8) is 0 Å². The molecule has 2 rings (SSSR count). The van der Waals surface area contributed by atoms with Crippen molar-refractivity contribution < 1.29 is 0 Å². The van der Waals surface area contributed by atoms with Gasteiger partial charge in [0.1, 0.15) is 4.99 Å². The van der Waals surface area contributed by atoms with Crippen molar-refractivity contribution in [2.24, 2.45) is 0 Å². The summed E-state index contributed by atoms with van der Waals surface area (Å²) in [5.41, 5.74) is 1.43. The van der Waals surface area contributed by atoms with E-state index >= 15 is 0 Å². The molecule has 1 aliphatic rings. The second kappa shape index (κ2) is 5.37. The maximum atomic E-state index is 5.58. The molecule has 0 amide bonds. The molecule has 0 spiro atoms. The molecule has 0 aliphatic carbocycles. The van der Waals surface area contributed by atoms with Crippen LogP contribution in [0.1, 0.15) is 26.3 Å². The quantitative estimate of drug-likeness (QED) is 0.719. The summed E-state index contributed by atoms with van der Waals surface area (Å²) in [5, 5.41) is 0. The fourth-order valence-corrected chi connectivity index (χ4v) is 2.66. The molecule has 1 aliphatic heterocycles. The zero-order valence-corrected chi connectivity index (χ0v) is 12.3. The Balaban J connectivity index is 1.96. The Morgan fingerprint density at radius 3 is 2.06 bits per heavy atom. The third kappa shape index (κ3) is 3.09. The largest absolute Gasteiger partial charge is 0.360 e. The standard InChI is InChI=1S/C15H22N2S/c1-15(2,3)17-11-9-16(10-12-17)14(18)13-7-5-4-6-8-13/h4-8H,9-12H2,1-3H3. The first kappa shape index (κ1) is 13.5. The molecular formula is C15H22N2S. The van der Waals surface area contributed by atoms with Gasteiger partial charge in [-0.05, 0) is 20.8 Å². The van der Waals surface area contributed by atoms with Gasteiger partial charge in [-0.25, -0.2) is 0 Å². The first-order valence-electron chi connectivity index (χ1n) is 6.58. The molecule has 1 saturated heterocycles. The highest BCUT2D eigenvalue weighted by Crippen LogP contribution is 2.17. The third-order valence-electron chi connectivity index (χ3n) is 3.54. The van der Waals surface area contributed by atoms with E-state index in [1.54, 1.807) is 0 Å². The summed E-state index contributed by atoms with van der Waals surface area (Å²) in [7, 11) is 0. The third-order valence-corrected chi connectivity index (χ3v) is 4.03. The van der Waals surface area contributed by atoms with Crippen LogP contribution >= 0.6 is 12.2 Å². The molecule has 0 atom stereocenters. The highest BCUT2D eigenvalue weighted by atomic mass is 32.1. The van der Waals surface area contributed by atoms with Crippen LogP contribution in [0.5, 0.6) is 0 Å². The molecule has 1 aromatic rings. The van der Waals surface area contributed by atoms with Crippen LogP contribution in [0.25, 0.3) is 0 Å². The van der Waals surface area contributed by atoms with Crippen molar-refractivity contribution in [2.45, 2.75) is 26.3 Å². The average molecular weight is 262 g/mol. The lowest BCUT2D eigenvalue weighted by molar-refractivity contribution is 0.0893. The lowest BCUT2D eigenvalue weighted by Crippen LogP contribution is -2.54. The maximum absolute atomic E-state index is 5.58. The van der Waals surface area contributed by atoms with Gasteiger partial charge >= 0.3 is 0 Å². The molecule has 0 saturated carbocycles. The van der Waals surface area contributed by atoms with Crippen LogP contribution in [0.3, 0.4) is 0 Å². The van der Waals surface area contributed by atoms with E-state index in [2.05, 4.69) is 42.7 Å². The Labute approximate surface area is 116 Å². The zero-order valence-electron chi connectivity index (χ0n) is 11.5. The zero-order chi connectivity index (χ0) is 13.2. The smallest absolute Gasteiger partial charge is 0.109 e. The maximum Gasteiger partial charge on any atom is 0.109 e. The predicted molar refractivity (Wildman–Crippen MR) is 81.0 cm³/mol. The molecule has 0 radical (unpaired) electrons. The summed E-state index contributed by atoms with van der Waals surface area (Å²) in [6, 6.07) is 10.3. The molecule has 98 valence electrons. The summed E-state index contributed by atoms with van der Waals surface area (Å²) >= 11 is 5.58. The molecular weight excluding hydrogens is 240 g/mol. The van der Waals surface area contributed by atoms with E-state index in [0.29, 0.717) is 0 Å². The minimum absolute atomic E-state index is 0.264. The van der Waals surface area contributed by atoms with E-state index < -0.39 is 0 Å². The SMILES string of the molecule is CC(C)(C)N1CCN(C(=S)c2ccccc2)CC1. The number of benzene rings is 1.